The van der Waals surface area contributed by atoms with E-state index in [1.807, 2.05) is 12.1 Å². The molecular weight excluding hydrogens is 266 g/mol. The number of likely N-dealkylation sites (N-methyl/N-ethyl adjacent to an activating group) is 1. The SMILES string of the molecule is CCN1CCOC(CNC(=O)Cc2ccc(C#N)cc2)C1. The van der Waals surface area contributed by atoms with Crippen molar-refractivity contribution in [1.82, 2.24) is 10.2 Å². The van der Waals surface area contributed by atoms with Gasteiger partial charge in [0.2, 0.25) is 5.91 Å². The van der Waals surface area contributed by atoms with Crippen molar-refractivity contribution in [2.75, 3.05) is 32.8 Å². The van der Waals surface area contributed by atoms with E-state index in [0.717, 1.165) is 31.8 Å². The lowest BCUT2D eigenvalue weighted by Crippen LogP contribution is -2.47. The molecule has 1 aromatic carbocycles. The van der Waals surface area contributed by atoms with Crippen molar-refractivity contribution < 1.29 is 9.53 Å². The molecule has 1 aliphatic rings. The van der Waals surface area contributed by atoms with Crippen molar-refractivity contribution >= 4 is 5.91 Å². The van der Waals surface area contributed by atoms with Crippen LogP contribution in [0.3, 0.4) is 0 Å². The van der Waals surface area contributed by atoms with Crippen molar-refractivity contribution in [3.8, 4) is 6.07 Å². The second kappa shape index (κ2) is 7.77. The minimum atomic E-state index is -0.0167. The van der Waals surface area contributed by atoms with Crippen molar-refractivity contribution in [2.24, 2.45) is 0 Å². The van der Waals surface area contributed by atoms with Crippen LogP contribution in [0.1, 0.15) is 18.1 Å². The first-order valence-corrected chi connectivity index (χ1v) is 7.31. The first kappa shape index (κ1) is 15.5. The highest BCUT2D eigenvalue weighted by atomic mass is 16.5. The number of ether oxygens (including phenoxy) is 1. The molecule has 1 atom stereocenters. The molecule has 0 aliphatic carbocycles. The number of nitrogens with zero attached hydrogens (tertiary/aromatic N) is 2. The predicted molar refractivity (Wildman–Crippen MR) is 79.7 cm³/mol. The van der Waals surface area contributed by atoms with Crippen LogP contribution >= 0.6 is 0 Å². The van der Waals surface area contributed by atoms with E-state index in [9.17, 15) is 4.79 Å². The topological polar surface area (TPSA) is 65.4 Å². The molecule has 0 bridgehead atoms. The first-order chi connectivity index (χ1) is 10.2. The zero-order valence-corrected chi connectivity index (χ0v) is 12.3. The summed E-state index contributed by atoms with van der Waals surface area (Å²) in [6.45, 7) is 6.25. The zero-order chi connectivity index (χ0) is 15.1. The molecule has 1 heterocycles. The highest BCUT2D eigenvalue weighted by molar-refractivity contribution is 5.78. The van der Waals surface area contributed by atoms with Gasteiger partial charge in [-0.05, 0) is 24.2 Å². The lowest BCUT2D eigenvalue weighted by molar-refractivity contribution is -0.121. The van der Waals surface area contributed by atoms with E-state index in [4.69, 9.17) is 10.00 Å². The molecule has 1 aromatic rings. The van der Waals surface area contributed by atoms with Crippen molar-refractivity contribution in [1.29, 1.82) is 5.26 Å². The average molecular weight is 287 g/mol. The lowest BCUT2D eigenvalue weighted by Gasteiger charge is -2.32. The van der Waals surface area contributed by atoms with E-state index in [1.165, 1.54) is 0 Å². The van der Waals surface area contributed by atoms with Crippen molar-refractivity contribution in [3.63, 3.8) is 0 Å². The molecule has 5 nitrogen and oxygen atoms in total. The number of morpholine rings is 1. The quantitative estimate of drug-likeness (QED) is 0.875. The van der Waals surface area contributed by atoms with Gasteiger partial charge in [0.15, 0.2) is 0 Å². The molecule has 0 spiro atoms. The number of hydrogen-bond acceptors (Lipinski definition) is 4. The normalized spacial score (nSPS) is 19.0. The summed E-state index contributed by atoms with van der Waals surface area (Å²) in [5.41, 5.74) is 1.51. The monoisotopic (exact) mass is 287 g/mol. The van der Waals surface area contributed by atoms with Gasteiger partial charge in [0.1, 0.15) is 0 Å². The van der Waals surface area contributed by atoms with Crippen LogP contribution < -0.4 is 5.32 Å². The van der Waals surface area contributed by atoms with Crippen molar-refractivity contribution in [2.45, 2.75) is 19.4 Å². The molecule has 1 aliphatic heterocycles. The van der Waals surface area contributed by atoms with E-state index in [1.54, 1.807) is 12.1 Å². The van der Waals surface area contributed by atoms with Crippen LogP contribution in [0.4, 0.5) is 0 Å². The molecule has 21 heavy (non-hydrogen) atoms. The Hall–Kier alpha value is -1.90. The summed E-state index contributed by atoms with van der Waals surface area (Å²) >= 11 is 0. The van der Waals surface area contributed by atoms with E-state index in [0.29, 0.717) is 18.5 Å². The molecule has 0 aromatic heterocycles. The van der Waals surface area contributed by atoms with Gasteiger partial charge < -0.3 is 10.1 Å². The van der Waals surface area contributed by atoms with E-state index in [-0.39, 0.29) is 12.0 Å². The summed E-state index contributed by atoms with van der Waals surface area (Å²) in [6, 6.07) is 9.15. The van der Waals surface area contributed by atoms with Gasteiger partial charge in [0, 0.05) is 19.6 Å². The highest BCUT2D eigenvalue weighted by Crippen LogP contribution is 2.05. The Morgan fingerprint density at radius 2 is 2.24 bits per heavy atom. The fourth-order valence-corrected chi connectivity index (χ4v) is 2.36. The Balaban J connectivity index is 1.75. The van der Waals surface area contributed by atoms with Crippen LogP contribution in [0.25, 0.3) is 0 Å². The minimum absolute atomic E-state index is 0.0167. The molecule has 1 amide bonds. The van der Waals surface area contributed by atoms with E-state index >= 15 is 0 Å². The number of nitrogens with one attached hydrogen (secondary N) is 1. The summed E-state index contributed by atoms with van der Waals surface area (Å²) < 4.78 is 5.65. The largest absolute Gasteiger partial charge is 0.374 e. The van der Waals surface area contributed by atoms with Crippen molar-refractivity contribution in [3.05, 3.63) is 35.4 Å². The summed E-state index contributed by atoms with van der Waals surface area (Å²) in [5.74, 6) is -0.0167. The summed E-state index contributed by atoms with van der Waals surface area (Å²) in [6.07, 6.45) is 0.402. The molecular formula is C16H21N3O2. The van der Waals surface area contributed by atoms with Gasteiger partial charge in [-0.3, -0.25) is 9.69 Å². The first-order valence-electron chi connectivity index (χ1n) is 7.31. The van der Waals surface area contributed by atoms with E-state index < -0.39 is 0 Å². The summed E-state index contributed by atoms with van der Waals surface area (Å²) in [4.78, 5) is 14.2. The zero-order valence-electron chi connectivity index (χ0n) is 12.3. The van der Waals surface area contributed by atoms with Gasteiger partial charge in [-0.25, -0.2) is 0 Å². The van der Waals surface area contributed by atoms with Gasteiger partial charge in [0.05, 0.1) is 30.8 Å². The molecule has 1 saturated heterocycles. The van der Waals surface area contributed by atoms with Crippen LogP contribution in [-0.4, -0.2) is 49.7 Å². The Morgan fingerprint density at radius 1 is 1.48 bits per heavy atom. The van der Waals surface area contributed by atoms with Crippen LogP contribution in [0.15, 0.2) is 24.3 Å². The Morgan fingerprint density at radius 3 is 2.90 bits per heavy atom. The maximum atomic E-state index is 11.9. The molecule has 0 saturated carbocycles. The summed E-state index contributed by atoms with van der Waals surface area (Å²) in [5, 5.41) is 11.7. The number of hydrogen-bond donors (Lipinski definition) is 1. The van der Waals surface area contributed by atoms with Crippen LogP contribution in [-0.2, 0) is 16.0 Å². The number of nitriles is 1. The minimum Gasteiger partial charge on any atom is -0.374 e. The maximum absolute atomic E-state index is 11.9. The second-order valence-corrected chi connectivity index (χ2v) is 5.18. The Labute approximate surface area is 125 Å². The molecule has 5 heteroatoms. The third-order valence-electron chi connectivity index (χ3n) is 3.64. The molecule has 112 valence electrons. The second-order valence-electron chi connectivity index (χ2n) is 5.18. The number of carbonyl (C=O) groups excluding carboxylic acids is 1. The number of amides is 1. The third kappa shape index (κ3) is 4.85. The van der Waals surface area contributed by atoms with Gasteiger partial charge in [-0.2, -0.15) is 5.26 Å². The number of rotatable bonds is 5. The summed E-state index contributed by atoms with van der Waals surface area (Å²) in [7, 11) is 0. The molecule has 1 unspecified atom stereocenters. The lowest BCUT2D eigenvalue weighted by atomic mass is 10.1. The molecule has 1 fully saturated rings. The van der Waals surface area contributed by atoms with Gasteiger partial charge in [0.25, 0.3) is 0 Å². The molecule has 0 radical (unpaired) electrons. The van der Waals surface area contributed by atoms with Crippen LogP contribution in [0.2, 0.25) is 0 Å². The maximum Gasteiger partial charge on any atom is 0.224 e. The standard InChI is InChI=1S/C16H21N3O2/c1-2-19-7-8-21-15(12-19)11-18-16(20)9-13-3-5-14(10-17)6-4-13/h3-6,15H,2,7-9,11-12H2,1H3,(H,18,20). The molecule has 2 rings (SSSR count). The van der Waals surface area contributed by atoms with Gasteiger partial charge >= 0.3 is 0 Å². The Bertz CT molecular complexity index is 507. The fourth-order valence-electron chi connectivity index (χ4n) is 2.36. The highest BCUT2D eigenvalue weighted by Gasteiger charge is 2.19. The van der Waals surface area contributed by atoms with Crippen LogP contribution in [0, 0.1) is 11.3 Å². The predicted octanol–water partition coefficient (Wildman–Crippen LogP) is 0.938. The Kier molecular flexibility index (Phi) is 5.73. The van der Waals surface area contributed by atoms with Gasteiger partial charge in [-0.15, -0.1) is 0 Å². The average Bonchev–Trinajstić information content (AvgIpc) is 2.54. The smallest absolute Gasteiger partial charge is 0.224 e. The van der Waals surface area contributed by atoms with Crippen LogP contribution in [0.5, 0.6) is 0 Å². The molecule has 1 N–H and O–H groups in total. The fraction of sp³-hybridized carbons (Fsp3) is 0.500. The number of carbonyl (C=O) groups is 1. The van der Waals surface area contributed by atoms with E-state index in [2.05, 4.69) is 23.2 Å². The van der Waals surface area contributed by atoms with Gasteiger partial charge in [-0.1, -0.05) is 19.1 Å². The number of benzene rings is 1. The third-order valence-corrected chi connectivity index (χ3v) is 3.64.